The number of nitrogens with one attached hydrogen (secondary N) is 1. The molecule has 1 saturated heterocycles. The highest BCUT2D eigenvalue weighted by Crippen LogP contribution is 2.47. The third-order valence-corrected chi connectivity index (χ3v) is 8.70. The first-order valence-electron chi connectivity index (χ1n) is 14.2. The zero-order chi connectivity index (χ0) is 26.3. The summed E-state index contributed by atoms with van der Waals surface area (Å²) in [5.41, 5.74) is 6.36. The van der Waals surface area contributed by atoms with E-state index < -0.39 is 5.97 Å². The Hall–Kier alpha value is -3.90. The van der Waals surface area contributed by atoms with Crippen LogP contribution in [0.15, 0.2) is 73.1 Å². The van der Waals surface area contributed by atoms with Gasteiger partial charge in [-0.25, -0.2) is 9.78 Å². The van der Waals surface area contributed by atoms with Gasteiger partial charge in [-0.15, -0.1) is 0 Å². The van der Waals surface area contributed by atoms with Gasteiger partial charge < -0.3 is 14.8 Å². The van der Waals surface area contributed by atoms with Crippen molar-refractivity contribution in [3.05, 3.63) is 95.3 Å². The van der Waals surface area contributed by atoms with Crippen molar-refractivity contribution in [1.29, 1.82) is 0 Å². The number of rotatable bonds is 7. The Bertz CT molecular complexity index is 1570. The van der Waals surface area contributed by atoms with Crippen LogP contribution in [0, 0.1) is 0 Å². The van der Waals surface area contributed by atoms with Crippen LogP contribution in [0.25, 0.3) is 16.6 Å². The molecule has 3 heterocycles. The lowest BCUT2D eigenvalue weighted by atomic mass is 9.88. The van der Waals surface area contributed by atoms with E-state index in [0.717, 1.165) is 41.8 Å². The number of benzene rings is 2. The molecule has 6 heteroatoms. The average Bonchev–Trinajstić information content (AvgIpc) is 3.50. The summed E-state index contributed by atoms with van der Waals surface area (Å²) in [5.74, 6) is 0.630. The van der Waals surface area contributed by atoms with Crippen molar-refractivity contribution in [2.75, 3.05) is 6.54 Å². The SMILES string of the molecule is O=C(O)c1ccc(C2=CCC(N3CCC[C@@H]3c3ccccc3C3CC3)CC2)cc1Oc1cnc2[nH]ccc2c1. The molecule has 6 nitrogen and oxygen atoms in total. The van der Waals surface area contributed by atoms with Gasteiger partial charge in [-0.1, -0.05) is 36.4 Å². The molecular formula is C33H33N3O3. The first-order chi connectivity index (χ1) is 19.1. The predicted molar refractivity (Wildman–Crippen MR) is 152 cm³/mol. The number of likely N-dealkylation sites (tertiary alicyclic amines) is 1. The van der Waals surface area contributed by atoms with Gasteiger partial charge in [0.15, 0.2) is 0 Å². The van der Waals surface area contributed by atoms with Gasteiger partial charge in [-0.05, 0) is 104 Å². The molecule has 4 aromatic rings. The number of carboxylic acids is 1. The van der Waals surface area contributed by atoms with Crippen LogP contribution in [-0.2, 0) is 0 Å². The maximum absolute atomic E-state index is 12.0. The summed E-state index contributed by atoms with van der Waals surface area (Å²) in [5, 5.41) is 10.7. The molecule has 2 N–H and O–H groups in total. The molecule has 1 unspecified atom stereocenters. The molecular weight excluding hydrogens is 486 g/mol. The number of aromatic amines is 1. The van der Waals surface area contributed by atoms with Crippen LogP contribution >= 0.6 is 0 Å². The van der Waals surface area contributed by atoms with Gasteiger partial charge in [-0.2, -0.15) is 0 Å². The number of carboxylic acid groups (broad SMARTS) is 1. The molecule has 3 aliphatic rings. The van der Waals surface area contributed by atoms with E-state index in [9.17, 15) is 9.90 Å². The molecule has 0 amide bonds. The van der Waals surface area contributed by atoms with E-state index in [1.165, 1.54) is 37.8 Å². The normalized spacial score (nSPS) is 21.7. The maximum Gasteiger partial charge on any atom is 0.339 e. The van der Waals surface area contributed by atoms with Crippen molar-refractivity contribution in [2.45, 2.75) is 62.9 Å². The molecule has 2 aromatic carbocycles. The van der Waals surface area contributed by atoms with Gasteiger partial charge in [0.25, 0.3) is 0 Å². The Morgan fingerprint density at radius 3 is 2.69 bits per heavy atom. The Morgan fingerprint density at radius 1 is 1.03 bits per heavy atom. The van der Waals surface area contributed by atoms with Gasteiger partial charge in [0.05, 0.1) is 6.20 Å². The third-order valence-electron chi connectivity index (χ3n) is 8.70. The number of nitrogens with zero attached hydrogens (tertiary/aromatic N) is 2. The van der Waals surface area contributed by atoms with E-state index in [1.54, 1.807) is 23.4 Å². The number of aromatic carboxylic acids is 1. The van der Waals surface area contributed by atoms with Crippen molar-refractivity contribution in [2.24, 2.45) is 0 Å². The second kappa shape index (κ2) is 10.0. The number of aromatic nitrogens is 2. The molecule has 39 heavy (non-hydrogen) atoms. The number of fused-ring (bicyclic) bond motifs is 1. The summed E-state index contributed by atoms with van der Waals surface area (Å²) < 4.78 is 6.09. The Balaban J connectivity index is 1.11. The van der Waals surface area contributed by atoms with Crippen LogP contribution in [0.2, 0.25) is 0 Å². The van der Waals surface area contributed by atoms with E-state index in [1.807, 2.05) is 30.5 Å². The number of H-pyrrole nitrogens is 1. The summed E-state index contributed by atoms with van der Waals surface area (Å²) in [4.78, 5) is 22.2. The summed E-state index contributed by atoms with van der Waals surface area (Å²) >= 11 is 0. The van der Waals surface area contributed by atoms with Crippen molar-refractivity contribution < 1.29 is 14.6 Å². The lowest BCUT2D eigenvalue weighted by Crippen LogP contribution is -2.36. The van der Waals surface area contributed by atoms with Crippen LogP contribution in [0.3, 0.4) is 0 Å². The molecule has 2 aromatic heterocycles. The quantitative estimate of drug-likeness (QED) is 0.261. The molecule has 2 fully saturated rings. The molecule has 1 aliphatic heterocycles. The van der Waals surface area contributed by atoms with E-state index in [-0.39, 0.29) is 5.56 Å². The maximum atomic E-state index is 12.0. The van der Waals surface area contributed by atoms with Gasteiger partial charge in [0.2, 0.25) is 0 Å². The minimum absolute atomic E-state index is 0.149. The van der Waals surface area contributed by atoms with E-state index >= 15 is 0 Å². The molecule has 0 radical (unpaired) electrons. The third kappa shape index (κ3) is 4.74. The minimum Gasteiger partial charge on any atom is -0.478 e. The first kappa shape index (κ1) is 24.2. The lowest BCUT2D eigenvalue weighted by Gasteiger charge is -2.36. The predicted octanol–water partition coefficient (Wildman–Crippen LogP) is 7.70. The molecule has 7 rings (SSSR count). The lowest BCUT2D eigenvalue weighted by molar-refractivity contribution is 0.0694. The van der Waals surface area contributed by atoms with Gasteiger partial charge in [0.1, 0.15) is 22.7 Å². The smallest absolute Gasteiger partial charge is 0.339 e. The average molecular weight is 520 g/mol. The number of hydrogen-bond acceptors (Lipinski definition) is 4. The van der Waals surface area contributed by atoms with Crippen molar-refractivity contribution in [3.8, 4) is 11.5 Å². The molecule has 2 atom stereocenters. The Labute approximate surface area is 228 Å². The zero-order valence-corrected chi connectivity index (χ0v) is 22.0. The van der Waals surface area contributed by atoms with E-state index in [4.69, 9.17) is 4.74 Å². The highest BCUT2D eigenvalue weighted by molar-refractivity contribution is 5.92. The van der Waals surface area contributed by atoms with Crippen LogP contribution in [-0.4, -0.2) is 38.5 Å². The Kier molecular flexibility index (Phi) is 6.20. The number of ether oxygens (including phenoxy) is 1. The van der Waals surface area contributed by atoms with Crippen molar-refractivity contribution in [3.63, 3.8) is 0 Å². The standard InChI is InChI=1S/C33H33N3O3/c37-33(38)29-14-11-23(19-31(29)39-26-18-24-15-16-34-32(24)35-20-26)21-9-12-25(13-10-21)36-17-3-6-30(36)28-5-2-1-4-27(28)22-7-8-22/h1-2,4-5,9,11,14-16,18-20,22,25,30H,3,6-8,10,12-13,17H2,(H,34,35)(H,37,38)/t25?,30-/m1/s1. The summed E-state index contributed by atoms with van der Waals surface area (Å²) in [6, 6.07) is 19.5. The topological polar surface area (TPSA) is 78.4 Å². The highest BCUT2D eigenvalue weighted by atomic mass is 16.5. The van der Waals surface area contributed by atoms with Crippen LogP contribution in [0.1, 0.15) is 84.0 Å². The molecule has 0 bridgehead atoms. The van der Waals surface area contributed by atoms with Crippen LogP contribution in [0.4, 0.5) is 0 Å². The van der Waals surface area contributed by atoms with Crippen LogP contribution in [0.5, 0.6) is 11.5 Å². The largest absolute Gasteiger partial charge is 0.478 e. The number of pyridine rings is 1. The summed E-state index contributed by atoms with van der Waals surface area (Å²) in [6.07, 6.45) is 14.1. The minimum atomic E-state index is -1.00. The Morgan fingerprint density at radius 2 is 1.90 bits per heavy atom. The van der Waals surface area contributed by atoms with Crippen LogP contribution < -0.4 is 4.74 Å². The fourth-order valence-electron chi connectivity index (χ4n) is 6.61. The van der Waals surface area contributed by atoms with Crippen molar-refractivity contribution >= 4 is 22.6 Å². The fourth-order valence-corrected chi connectivity index (χ4v) is 6.61. The molecule has 198 valence electrons. The summed E-state index contributed by atoms with van der Waals surface area (Å²) in [7, 11) is 0. The summed E-state index contributed by atoms with van der Waals surface area (Å²) in [6.45, 7) is 1.17. The number of carbonyl (C=O) groups is 1. The highest BCUT2D eigenvalue weighted by Gasteiger charge is 2.36. The zero-order valence-electron chi connectivity index (χ0n) is 22.0. The van der Waals surface area contributed by atoms with E-state index in [0.29, 0.717) is 23.6 Å². The molecule has 0 spiro atoms. The number of hydrogen-bond donors (Lipinski definition) is 2. The molecule has 2 aliphatic carbocycles. The monoisotopic (exact) mass is 519 g/mol. The fraction of sp³-hybridized carbons (Fsp3) is 0.333. The number of allylic oxidation sites excluding steroid dienone is 1. The van der Waals surface area contributed by atoms with Gasteiger partial charge in [0, 0.05) is 23.7 Å². The second-order valence-electron chi connectivity index (χ2n) is 11.2. The van der Waals surface area contributed by atoms with Gasteiger partial charge >= 0.3 is 5.97 Å². The van der Waals surface area contributed by atoms with Gasteiger partial charge in [-0.3, -0.25) is 4.90 Å². The van der Waals surface area contributed by atoms with Crippen molar-refractivity contribution in [1.82, 2.24) is 14.9 Å². The molecule has 1 saturated carbocycles. The van der Waals surface area contributed by atoms with E-state index in [2.05, 4.69) is 45.2 Å². The second-order valence-corrected chi connectivity index (χ2v) is 11.2. The first-order valence-corrected chi connectivity index (χ1v) is 14.2.